The van der Waals surface area contributed by atoms with E-state index in [0.29, 0.717) is 24.0 Å². The van der Waals surface area contributed by atoms with Gasteiger partial charge in [-0.25, -0.2) is 0 Å². The molecule has 88 valence electrons. The predicted molar refractivity (Wildman–Crippen MR) is 61.8 cm³/mol. The van der Waals surface area contributed by atoms with Gasteiger partial charge < -0.3 is 10.4 Å². The maximum atomic E-state index is 9.24. The van der Waals surface area contributed by atoms with E-state index in [1.807, 2.05) is 0 Å². The molecule has 2 saturated heterocycles. The minimum Gasteiger partial charge on any atom is -0.396 e. The molecular formula is C12H24N2O. The van der Waals surface area contributed by atoms with Crippen molar-refractivity contribution >= 4 is 0 Å². The van der Waals surface area contributed by atoms with Crippen LogP contribution in [-0.4, -0.2) is 48.8 Å². The summed E-state index contributed by atoms with van der Waals surface area (Å²) >= 11 is 0. The van der Waals surface area contributed by atoms with Crippen molar-refractivity contribution in [3.63, 3.8) is 0 Å². The molecule has 0 bridgehead atoms. The van der Waals surface area contributed by atoms with Gasteiger partial charge in [-0.15, -0.1) is 0 Å². The van der Waals surface area contributed by atoms with Gasteiger partial charge in [0.05, 0.1) is 0 Å². The monoisotopic (exact) mass is 212 g/mol. The quantitative estimate of drug-likeness (QED) is 0.722. The third-order valence-corrected chi connectivity index (χ3v) is 4.32. The summed E-state index contributed by atoms with van der Waals surface area (Å²) in [5.41, 5.74) is 0.457. The summed E-state index contributed by atoms with van der Waals surface area (Å²) in [6, 6.07) is 0.562. The number of nitrogens with one attached hydrogen (secondary N) is 1. The van der Waals surface area contributed by atoms with Gasteiger partial charge in [0.2, 0.25) is 0 Å². The van der Waals surface area contributed by atoms with Crippen molar-refractivity contribution in [2.75, 3.05) is 32.8 Å². The highest BCUT2D eigenvalue weighted by molar-refractivity contribution is 4.91. The van der Waals surface area contributed by atoms with Crippen LogP contribution in [0.25, 0.3) is 0 Å². The fraction of sp³-hybridized carbons (Fsp3) is 1.00. The maximum absolute atomic E-state index is 9.24. The van der Waals surface area contributed by atoms with Crippen LogP contribution in [-0.2, 0) is 0 Å². The molecule has 2 N–H and O–H groups in total. The van der Waals surface area contributed by atoms with Crippen LogP contribution in [0.4, 0.5) is 0 Å². The molecule has 2 heterocycles. The Balaban J connectivity index is 1.90. The first kappa shape index (κ1) is 11.4. The lowest BCUT2D eigenvalue weighted by Crippen LogP contribution is -2.40. The number of likely N-dealkylation sites (tertiary alicyclic amines) is 1. The van der Waals surface area contributed by atoms with Gasteiger partial charge in [0.15, 0.2) is 0 Å². The van der Waals surface area contributed by atoms with Crippen molar-refractivity contribution < 1.29 is 5.11 Å². The van der Waals surface area contributed by atoms with Crippen LogP contribution in [0, 0.1) is 11.3 Å². The largest absolute Gasteiger partial charge is 0.396 e. The van der Waals surface area contributed by atoms with Gasteiger partial charge >= 0.3 is 0 Å². The number of aliphatic hydroxyl groups is 1. The molecule has 3 nitrogen and oxygen atoms in total. The van der Waals surface area contributed by atoms with Crippen molar-refractivity contribution in [1.82, 2.24) is 10.2 Å². The van der Waals surface area contributed by atoms with E-state index in [-0.39, 0.29) is 0 Å². The molecule has 0 aromatic rings. The highest BCUT2D eigenvalue weighted by Crippen LogP contribution is 2.31. The molecule has 3 atom stereocenters. The first-order valence-electron chi connectivity index (χ1n) is 6.20. The van der Waals surface area contributed by atoms with Crippen LogP contribution in [0.3, 0.4) is 0 Å². The zero-order valence-corrected chi connectivity index (χ0v) is 10.00. The second-order valence-electron chi connectivity index (χ2n) is 5.68. The van der Waals surface area contributed by atoms with E-state index in [0.717, 1.165) is 6.54 Å². The first-order chi connectivity index (χ1) is 7.14. The fourth-order valence-corrected chi connectivity index (χ4v) is 3.04. The number of rotatable bonds is 3. The molecule has 2 aliphatic rings. The molecule has 0 saturated carbocycles. The molecule has 0 aromatic heterocycles. The Morgan fingerprint density at radius 1 is 1.53 bits per heavy atom. The molecule has 3 unspecified atom stereocenters. The Bertz CT molecular complexity index is 214. The van der Waals surface area contributed by atoms with Crippen molar-refractivity contribution in [3.05, 3.63) is 0 Å². The lowest BCUT2D eigenvalue weighted by Gasteiger charge is -2.32. The molecule has 0 amide bonds. The fourth-order valence-electron chi connectivity index (χ4n) is 3.04. The van der Waals surface area contributed by atoms with Gasteiger partial charge in [0, 0.05) is 25.7 Å². The van der Waals surface area contributed by atoms with Gasteiger partial charge in [0.25, 0.3) is 0 Å². The van der Waals surface area contributed by atoms with E-state index in [2.05, 4.69) is 24.1 Å². The standard InChI is InChI=1S/C12H24N2O/c1-10-11(7-15)3-6-14(10)9-12(2)4-5-13-8-12/h10-11,13,15H,3-9H2,1-2H3. The average Bonchev–Trinajstić information content (AvgIpc) is 2.76. The Morgan fingerprint density at radius 2 is 2.33 bits per heavy atom. The molecule has 0 aliphatic carbocycles. The summed E-state index contributed by atoms with van der Waals surface area (Å²) in [4.78, 5) is 2.56. The van der Waals surface area contributed by atoms with Crippen molar-refractivity contribution in [2.45, 2.75) is 32.7 Å². The summed E-state index contributed by atoms with van der Waals surface area (Å²) in [6.45, 7) is 9.68. The minimum absolute atomic E-state index is 0.354. The van der Waals surface area contributed by atoms with E-state index in [9.17, 15) is 5.11 Å². The molecular weight excluding hydrogens is 188 g/mol. The third kappa shape index (κ3) is 2.35. The van der Waals surface area contributed by atoms with E-state index in [4.69, 9.17) is 0 Å². The van der Waals surface area contributed by atoms with E-state index >= 15 is 0 Å². The SMILES string of the molecule is CC1C(CO)CCN1CC1(C)CCNC1. The van der Waals surface area contributed by atoms with Gasteiger partial charge in [0.1, 0.15) is 0 Å². The normalized spacial score (nSPS) is 42.6. The Kier molecular flexibility index (Phi) is 3.33. The number of hydrogen-bond acceptors (Lipinski definition) is 3. The van der Waals surface area contributed by atoms with Crippen LogP contribution >= 0.6 is 0 Å². The molecule has 2 aliphatic heterocycles. The van der Waals surface area contributed by atoms with Crippen molar-refractivity contribution in [2.24, 2.45) is 11.3 Å². The molecule has 0 spiro atoms. The van der Waals surface area contributed by atoms with Gasteiger partial charge in [-0.1, -0.05) is 6.92 Å². The third-order valence-electron chi connectivity index (χ3n) is 4.32. The second kappa shape index (κ2) is 4.40. The maximum Gasteiger partial charge on any atom is 0.0474 e. The molecule has 2 rings (SSSR count). The molecule has 0 aromatic carbocycles. The van der Waals surface area contributed by atoms with Gasteiger partial charge in [-0.2, -0.15) is 0 Å². The van der Waals surface area contributed by atoms with Gasteiger partial charge in [-0.05, 0) is 44.2 Å². The molecule has 2 fully saturated rings. The average molecular weight is 212 g/mol. The summed E-state index contributed by atoms with van der Waals surface area (Å²) < 4.78 is 0. The summed E-state index contributed by atoms with van der Waals surface area (Å²) in [7, 11) is 0. The summed E-state index contributed by atoms with van der Waals surface area (Å²) in [5.74, 6) is 0.503. The lowest BCUT2D eigenvalue weighted by atomic mass is 9.89. The smallest absolute Gasteiger partial charge is 0.0474 e. The lowest BCUT2D eigenvalue weighted by molar-refractivity contribution is 0.137. The van der Waals surface area contributed by atoms with Gasteiger partial charge in [-0.3, -0.25) is 4.90 Å². The van der Waals surface area contributed by atoms with E-state index in [1.54, 1.807) is 0 Å². The van der Waals surface area contributed by atoms with E-state index in [1.165, 1.54) is 32.5 Å². The van der Waals surface area contributed by atoms with Crippen LogP contribution in [0.15, 0.2) is 0 Å². The highest BCUT2D eigenvalue weighted by atomic mass is 16.3. The van der Waals surface area contributed by atoms with Crippen molar-refractivity contribution in [3.8, 4) is 0 Å². The van der Waals surface area contributed by atoms with Crippen molar-refractivity contribution in [1.29, 1.82) is 0 Å². The second-order valence-corrected chi connectivity index (χ2v) is 5.68. The number of aliphatic hydroxyl groups excluding tert-OH is 1. The topological polar surface area (TPSA) is 35.5 Å². The Morgan fingerprint density at radius 3 is 2.87 bits per heavy atom. The number of hydrogen-bond donors (Lipinski definition) is 2. The number of nitrogens with zero attached hydrogens (tertiary/aromatic N) is 1. The Hall–Kier alpha value is -0.120. The zero-order valence-electron chi connectivity index (χ0n) is 10.00. The summed E-state index contributed by atoms with van der Waals surface area (Å²) in [5, 5.41) is 12.7. The summed E-state index contributed by atoms with van der Waals surface area (Å²) in [6.07, 6.45) is 2.46. The minimum atomic E-state index is 0.354. The van der Waals surface area contributed by atoms with Crippen LogP contribution in [0.5, 0.6) is 0 Å². The predicted octanol–water partition coefficient (Wildman–Crippen LogP) is 0.689. The molecule has 3 heteroatoms. The van der Waals surface area contributed by atoms with Crippen LogP contribution < -0.4 is 5.32 Å². The van der Waals surface area contributed by atoms with Crippen LogP contribution in [0.1, 0.15) is 26.7 Å². The van der Waals surface area contributed by atoms with Crippen LogP contribution in [0.2, 0.25) is 0 Å². The first-order valence-corrected chi connectivity index (χ1v) is 6.20. The highest BCUT2D eigenvalue weighted by Gasteiger charge is 2.36. The zero-order chi connectivity index (χ0) is 10.9. The molecule has 0 radical (unpaired) electrons. The Labute approximate surface area is 92.8 Å². The van der Waals surface area contributed by atoms with E-state index < -0.39 is 0 Å². The molecule has 15 heavy (non-hydrogen) atoms.